The summed E-state index contributed by atoms with van der Waals surface area (Å²) in [5.41, 5.74) is 1.75. The Hall–Kier alpha value is -0.840. The Labute approximate surface area is 136 Å². The maximum atomic E-state index is 13.0. The van der Waals surface area contributed by atoms with E-state index in [0.29, 0.717) is 6.04 Å². The van der Waals surface area contributed by atoms with Crippen molar-refractivity contribution in [1.82, 2.24) is 14.7 Å². The third-order valence-electron chi connectivity index (χ3n) is 4.31. The largest absolute Gasteiger partial charge is 0.334 e. The van der Waals surface area contributed by atoms with Gasteiger partial charge in [-0.15, -0.1) is 0 Å². The topological polar surface area (TPSA) is 38.1 Å². The minimum atomic E-state index is 0.149. The summed E-state index contributed by atoms with van der Waals surface area (Å²) in [6.07, 6.45) is 6.93. The molecule has 1 heterocycles. The number of alkyl halides is 1. The smallest absolute Gasteiger partial charge is 0.272 e. The van der Waals surface area contributed by atoms with Crippen LogP contribution in [0.2, 0.25) is 0 Å². The average molecular weight is 356 g/mol. The molecule has 1 fully saturated rings. The fraction of sp³-hybridized carbons (Fsp3) is 0.750. The molecule has 2 rings (SSSR count). The lowest BCUT2D eigenvalue weighted by Crippen LogP contribution is -2.43. The van der Waals surface area contributed by atoms with Crippen LogP contribution in [0.4, 0.5) is 0 Å². The Kier molecular flexibility index (Phi) is 6.27. The van der Waals surface area contributed by atoms with Crippen molar-refractivity contribution in [3.05, 3.63) is 17.5 Å². The molecule has 0 radical (unpaired) electrons. The molecule has 0 bridgehead atoms. The van der Waals surface area contributed by atoms with Gasteiger partial charge in [0.2, 0.25) is 0 Å². The van der Waals surface area contributed by atoms with Gasteiger partial charge in [0.15, 0.2) is 0 Å². The first-order valence-corrected chi connectivity index (χ1v) is 9.27. The van der Waals surface area contributed by atoms with Gasteiger partial charge in [-0.1, -0.05) is 42.1 Å². The Morgan fingerprint density at radius 1 is 1.38 bits per heavy atom. The molecule has 118 valence electrons. The first-order valence-electron chi connectivity index (χ1n) is 8.14. The van der Waals surface area contributed by atoms with Gasteiger partial charge in [0.05, 0.1) is 5.69 Å². The summed E-state index contributed by atoms with van der Waals surface area (Å²) in [5.74, 6) is 0.149. The van der Waals surface area contributed by atoms with Crippen molar-refractivity contribution in [2.45, 2.75) is 65.0 Å². The molecule has 0 unspecified atom stereocenters. The minimum Gasteiger partial charge on any atom is -0.334 e. The van der Waals surface area contributed by atoms with E-state index >= 15 is 0 Å². The van der Waals surface area contributed by atoms with E-state index in [1.54, 1.807) is 0 Å². The number of aromatic nitrogens is 2. The third kappa shape index (κ3) is 3.87. The number of halogens is 1. The maximum absolute atomic E-state index is 13.0. The molecular formula is C16H26BrN3O. The zero-order valence-electron chi connectivity index (χ0n) is 13.1. The Bertz CT molecular complexity index is 466. The predicted molar refractivity (Wildman–Crippen MR) is 89.0 cm³/mol. The lowest BCUT2D eigenvalue weighted by molar-refractivity contribution is 0.0638. The molecule has 5 heteroatoms. The molecule has 1 aromatic heterocycles. The van der Waals surface area contributed by atoms with Crippen LogP contribution in [0.15, 0.2) is 6.07 Å². The van der Waals surface area contributed by atoms with Crippen molar-refractivity contribution in [1.29, 1.82) is 0 Å². The van der Waals surface area contributed by atoms with Crippen molar-refractivity contribution >= 4 is 21.8 Å². The average Bonchev–Trinajstić information content (AvgIpc) is 2.96. The molecule has 0 N–H and O–H groups in total. The molecule has 1 amide bonds. The molecule has 0 aromatic carbocycles. The second kappa shape index (κ2) is 7.97. The van der Waals surface area contributed by atoms with E-state index in [1.165, 1.54) is 19.3 Å². The number of carbonyl (C=O) groups excluding carboxylic acids is 1. The van der Waals surface area contributed by atoms with Crippen LogP contribution in [0, 0.1) is 0 Å². The van der Waals surface area contributed by atoms with Gasteiger partial charge in [-0.25, -0.2) is 0 Å². The molecule has 1 saturated carbocycles. The number of nitrogens with zero attached hydrogens (tertiary/aromatic N) is 3. The first kappa shape index (κ1) is 16.5. The first-order chi connectivity index (χ1) is 10.2. The van der Waals surface area contributed by atoms with E-state index < -0.39 is 0 Å². The van der Waals surface area contributed by atoms with Gasteiger partial charge in [-0.2, -0.15) is 5.10 Å². The molecule has 1 aromatic rings. The summed E-state index contributed by atoms with van der Waals surface area (Å²) in [5, 5.41) is 5.34. The molecule has 1 aliphatic rings. The zero-order valence-corrected chi connectivity index (χ0v) is 14.7. The second-order valence-electron chi connectivity index (χ2n) is 5.67. The van der Waals surface area contributed by atoms with Crippen LogP contribution in [-0.2, 0) is 13.0 Å². The molecule has 0 saturated heterocycles. The monoisotopic (exact) mass is 355 g/mol. The van der Waals surface area contributed by atoms with Crippen molar-refractivity contribution in [3.8, 4) is 0 Å². The van der Waals surface area contributed by atoms with Gasteiger partial charge >= 0.3 is 0 Å². The molecule has 21 heavy (non-hydrogen) atoms. The highest BCUT2D eigenvalue weighted by atomic mass is 79.9. The number of hydrogen-bond donors (Lipinski definition) is 0. The van der Waals surface area contributed by atoms with Gasteiger partial charge in [-0.05, 0) is 32.3 Å². The Morgan fingerprint density at radius 2 is 2.10 bits per heavy atom. The normalized spacial score (nSPS) is 16.1. The summed E-state index contributed by atoms with van der Waals surface area (Å²) in [4.78, 5) is 15.1. The molecule has 1 aliphatic carbocycles. The van der Waals surface area contributed by atoms with Crippen molar-refractivity contribution < 1.29 is 4.79 Å². The number of hydrogen-bond acceptors (Lipinski definition) is 2. The van der Waals surface area contributed by atoms with Crippen LogP contribution in [0.1, 0.15) is 62.1 Å². The maximum Gasteiger partial charge on any atom is 0.272 e. The Balaban J connectivity index is 2.22. The zero-order chi connectivity index (χ0) is 15.2. The van der Waals surface area contributed by atoms with Crippen molar-refractivity contribution in [3.63, 3.8) is 0 Å². The highest BCUT2D eigenvalue weighted by Gasteiger charge is 2.28. The quantitative estimate of drug-likeness (QED) is 0.730. The summed E-state index contributed by atoms with van der Waals surface area (Å²) in [6.45, 7) is 5.64. The number of carbonyl (C=O) groups is 1. The van der Waals surface area contributed by atoms with Crippen LogP contribution in [-0.4, -0.2) is 38.5 Å². The van der Waals surface area contributed by atoms with Crippen LogP contribution in [0.3, 0.4) is 0 Å². The number of amides is 1. The van der Waals surface area contributed by atoms with E-state index in [2.05, 4.69) is 32.9 Å². The summed E-state index contributed by atoms with van der Waals surface area (Å²) < 4.78 is 1.85. The second-order valence-corrected chi connectivity index (χ2v) is 6.46. The van der Waals surface area contributed by atoms with Gasteiger partial charge in [-0.3, -0.25) is 9.48 Å². The standard InChI is InChI=1S/C16H26BrN3O/c1-3-13-12-15(20(4-2)18-13)16(21)19(11-10-17)14-8-6-5-7-9-14/h12,14H,3-11H2,1-2H3. The van der Waals surface area contributed by atoms with E-state index in [1.807, 2.05) is 17.7 Å². The van der Waals surface area contributed by atoms with E-state index in [4.69, 9.17) is 0 Å². The molecule has 0 spiro atoms. The molecule has 0 atom stereocenters. The lowest BCUT2D eigenvalue weighted by atomic mass is 9.94. The minimum absolute atomic E-state index is 0.149. The molecular weight excluding hydrogens is 330 g/mol. The highest BCUT2D eigenvalue weighted by molar-refractivity contribution is 9.09. The predicted octanol–water partition coefficient (Wildman–Crippen LogP) is 3.64. The van der Waals surface area contributed by atoms with Gasteiger partial charge in [0, 0.05) is 24.5 Å². The summed E-state index contributed by atoms with van der Waals surface area (Å²) >= 11 is 3.50. The van der Waals surface area contributed by atoms with E-state index in [9.17, 15) is 4.79 Å². The third-order valence-corrected chi connectivity index (χ3v) is 4.67. The SMILES string of the molecule is CCc1cc(C(=O)N(CCBr)C2CCCCC2)n(CC)n1. The van der Waals surface area contributed by atoms with Crippen LogP contribution in [0.5, 0.6) is 0 Å². The van der Waals surface area contributed by atoms with Gasteiger partial charge < -0.3 is 4.90 Å². The Morgan fingerprint density at radius 3 is 2.67 bits per heavy atom. The van der Waals surface area contributed by atoms with Crippen molar-refractivity contribution in [2.75, 3.05) is 11.9 Å². The molecule has 4 nitrogen and oxygen atoms in total. The number of aryl methyl sites for hydroxylation is 2. The number of rotatable bonds is 6. The van der Waals surface area contributed by atoms with E-state index in [-0.39, 0.29) is 5.91 Å². The van der Waals surface area contributed by atoms with Gasteiger partial charge in [0.25, 0.3) is 5.91 Å². The van der Waals surface area contributed by atoms with Gasteiger partial charge in [0.1, 0.15) is 5.69 Å². The highest BCUT2D eigenvalue weighted by Crippen LogP contribution is 2.24. The van der Waals surface area contributed by atoms with Crippen molar-refractivity contribution in [2.24, 2.45) is 0 Å². The van der Waals surface area contributed by atoms with Crippen LogP contribution in [0.25, 0.3) is 0 Å². The van der Waals surface area contributed by atoms with E-state index in [0.717, 1.165) is 49.1 Å². The summed E-state index contributed by atoms with van der Waals surface area (Å²) in [7, 11) is 0. The van der Waals surface area contributed by atoms with Crippen LogP contribution < -0.4 is 0 Å². The summed E-state index contributed by atoms with van der Waals surface area (Å²) in [6, 6.07) is 2.37. The van der Waals surface area contributed by atoms with Crippen LogP contribution >= 0.6 is 15.9 Å². The molecule has 0 aliphatic heterocycles. The lowest BCUT2D eigenvalue weighted by Gasteiger charge is -2.34. The fourth-order valence-electron chi connectivity index (χ4n) is 3.14. The fourth-order valence-corrected chi connectivity index (χ4v) is 3.52.